The molecule has 2 aromatic rings. The number of amides is 2. The van der Waals surface area contributed by atoms with Gasteiger partial charge in [-0.15, -0.1) is 0 Å². The van der Waals surface area contributed by atoms with E-state index in [1.807, 2.05) is 19.9 Å². The molecule has 2 amide bonds. The second-order valence-corrected chi connectivity index (χ2v) is 12.2. The molecule has 1 aliphatic rings. The molecule has 0 aliphatic heterocycles. The van der Waals surface area contributed by atoms with Gasteiger partial charge in [0, 0.05) is 22.6 Å². The second-order valence-electron chi connectivity index (χ2n) is 9.46. The second kappa shape index (κ2) is 11.8. The number of sulfonamides is 1. The summed E-state index contributed by atoms with van der Waals surface area (Å²) in [5, 5.41) is 3.84. The van der Waals surface area contributed by atoms with E-state index in [1.54, 1.807) is 37.3 Å². The number of aryl methyl sites for hydroxylation is 2. The molecule has 2 aromatic carbocycles. The molecule has 0 aromatic heterocycles. The number of carbonyl (C=O) groups is 2. The van der Waals surface area contributed by atoms with Gasteiger partial charge in [-0.05, 0) is 74.6 Å². The van der Waals surface area contributed by atoms with E-state index in [0.29, 0.717) is 21.3 Å². The molecule has 0 heterocycles. The highest BCUT2D eigenvalue weighted by atomic mass is 35.5. The van der Waals surface area contributed by atoms with Crippen LogP contribution in [0.15, 0.2) is 36.4 Å². The maximum atomic E-state index is 13.7. The van der Waals surface area contributed by atoms with Crippen molar-refractivity contribution in [3.8, 4) is 0 Å². The van der Waals surface area contributed by atoms with E-state index in [4.69, 9.17) is 23.2 Å². The minimum Gasteiger partial charge on any atom is -0.352 e. The maximum absolute atomic E-state index is 13.7. The summed E-state index contributed by atoms with van der Waals surface area (Å²) in [6, 6.07) is 9.40. The third-order valence-electron chi connectivity index (χ3n) is 6.68. The van der Waals surface area contributed by atoms with Gasteiger partial charge >= 0.3 is 0 Å². The summed E-state index contributed by atoms with van der Waals surface area (Å²) in [4.78, 5) is 28.2. The lowest BCUT2D eigenvalue weighted by atomic mass is 10.1. The largest absolute Gasteiger partial charge is 0.352 e. The van der Waals surface area contributed by atoms with Gasteiger partial charge in [-0.2, -0.15) is 0 Å². The van der Waals surface area contributed by atoms with Crippen molar-refractivity contribution in [3.63, 3.8) is 0 Å². The molecule has 0 saturated heterocycles. The highest BCUT2D eigenvalue weighted by molar-refractivity contribution is 7.92. The molecule has 1 fully saturated rings. The molecule has 196 valence electrons. The Morgan fingerprint density at radius 2 is 1.72 bits per heavy atom. The fourth-order valence-electron chi connectivity index (χ4n) is 4.30. The summed E-state index contributed by atoms with van der Waals surface area (Å²) in [6.45, 7) is 5.03. The van der Waals surface area contributed by atoms with E-state index in [1.165, 1.54) is 4.90 Å². The molecular formula is C26H33Cl2N3O4S. The number of nitrogens with zero attached hydrogens (tertiary/aromatic N) is 2. The lowest BCUT2D eigenvalue weighted by Crippen LogP contribution is -2.52. The Balaban J connectivity index is 1.92. The van der Waals surface area contributed by atoms with Crippen molar-refractivity contribution >= 4 is 50.7 Å². The maximum Gasteiger partial charge on any atom is 0.244 e. The third kappa shape index (κ3) is 7.14. The monoisotopic (exact) mass is 553 g/mol. The average molecular weight is 555 g/mol. The van der Waals surface area contributed by atoms with Crippen LogP contribution in [0.1, 0.15) is 49.3 Å². The Labute approximate surface area is 223 Å². The normalized spacial score (nSPS) is 14.9. The SMILES string of the molecule is Cc1ccc(N(CC(=O)N(Cc2ccc(Cl)cc2Cl)C(C)C(=O)NC2CCCC2)S(C)(=O)=O)cc1C. The topological polar surface area (TPSA) is 86.8 Å². The fraction of sp³-hybridized carbons (Fsp3) is 0.462. The van der Waals surface area contributed by atoms with Crippen LogP contribution in [0, 0.1) is 13.8 Å². The lowest BCUT2D eigenvalue weighted by Gasteiger charge is -2.32. The molecular weight excluding hydrogens is 521 g/mol. The molecule has 1 aliphatic carbocycles. The van der Waals surface area contributed by atoms with Crippen LogP contribution in [0.2, 0.25) is 10.0 Å². The number of hydrogen-bond donors (Lipinski definition) is 1. The molecule has 1 saturated carbocycles. The van der Waals surface area contributed by atoms with E-state index in [2.05, 4.69) is 5.32 Å². The first-order valence-electron chi connectivity index (χ1n) is 12.0. The molecule has 0 spiro atoms. The minimum absolute atomic E-state index is 0.0264. The van der Waals surface area contributed by atoms with Crippen molar-refractivity contribution in [3.05, 3.63) is 63.1 Å². The molecule has 3 rings (SSSR count). The Kier molecular flexibility index (Phi) is 9.30. The van der Waals surface area contributed by atoms with Crippen LogP contribution in [-0.4, -0.2) is 50.0 Å². The molecule has 1 N–H and O–H groups in total. The van der Waals surface area contributed by atoms with Crippen LogP contribution < -0.4 is 9.62 Å². The Bertz CT molecular complexity index is 1230. The van der Waals surface area contributed by atoms with Crippen LogP contribution >= 0.6 is 23.2 Å². The molecule has 10 heteroatoms. The average Bonchev–Trinajstić information content (AvgIpc) is 3.30. The Morgan fingerprint density at radius 1 is 1.06 bits per heavy atom. The van der Waals surface area contributed by atoms with Gasteiger partial charge in [-0.3, -0.25) is 13.9 Å². The summed E-state index contributed by atoms with van der Waals surface area (Å²) < 4.78 is 26.5. The van der Waals surface area contributed by atoms with Crippen LogP contribution in [0.5, 0.6) is 0 Å². The van der Waals surface area contributed by atoms with Gasteiger partial charge in [0.2, 0.25) is 21.8 Å². The van der Waals surface area contributed by atoms with Gasteiger partial charge in [0.15, 0.2) is 0 Å². The quantitative estimate of drug-likeness (QED) is 0.480. The minimum atomic E-state index is -3.79. The van der Waals surface area contributed by atoms with Gasteiger partial charge in [0.1, 0.15) is 12.6 Å². The molecule has 36 heavy (non-hydrogen) atoms. The molecule has 0 radical (unpaired) electrons. The smallest absolute Gasteiger partial charge is 0.244 e. The van der Waals surface area contributed by atoms with Gasteiger partial charge in [0.25, 0.3) is 0 Å². The number of rotatable bonds is 9. The number of anilines is 1. The summed E-state index contributed by atoms with van der Waals surface area (Å²) in [6.07, 6.45) is 4.99. The first-order valence-corrected chi connectivity index (χ1v) is 14.6. The zero-order valence-electron chi connectivity index (χ0n) is 21.1. The zero-order valence-corrected chi connectivity index (χ0v) is 23.4. The van der Waals surface area contributed by atoms with Gasteiger partial charge in [-0.25, -0.2) is 8.42 Å². The van der Waals surface area contributed by atoms with Gasteiger partial charge in [0.05, 0.1) is 11.9 Å². The zero-order chi connectivity index (χ0) is 26.6. The van der Waals surface area contributed by atoms with Gasteiger partial charge in [-0.1, -0.05) is 48.2 Å². The Morgan fingerprint density at radius 3 is 2.31 bits per heavy atom. The lowest BCUT2D eigenvalue weighted by molar-refractivity contribution is -0.139. The van der Waals surface area contributed by atoms with Crippen molar-refractivity contribution < 1.29 is 18.0 Å². The molecule has 1 atom stereocenters. The van der Waals surface area contributed by atoms with Crippen LogP contribution in [0.3, 0.4) is 0 Å². The first-order chi connectivity index (χ1) is 16.9. The van der Waals surface area contributed by atoms with Gasteiger partial charge < -0.3 is 10.2 Å². The Hall–Kier alpha value is -2.29. The molecule has 0 bridgehead atoms. The van der Waals surface area contributed by atoms with E-state index in [9.17, 15) is 18.0 Å². The van der Waals surface area contributed by atoms with Crippen molar-refractivity contribution in [2.24, 2.45) is 0 Å². The van der Waals surface area contributed by atoms with E-state index in [0.717, 1.165) is 47.4 Å². The van der Waals surface area contributed by atoms with Crippen LogP contribution in [-0.2, 0) is 26.2 Å². The number of halogens is 2. The van der Waals surface area contributed by atoms with Crippen molar-refractivity contribution in [2.75, 3.05) is 17.1 Å². The molecule has 1 unspecified atom stereocenters. The van der Waals surface area contributed by atoms with Crippen LogP contribution in [0.25, 0.3) is 0 Å². The highest BCUT2D eigenvalue weighted by Crippen LogP contribution is 2.25. The van der Waals surface area contributed by atoms with E-state index in [-0.39, 0.29) is 18.5 Å². The predicted molar refractivity (Wildman–Crippen MR) is 145 cm³/mol. The summed E-state index contributed by atoms with van der Waals surface area (Å²) >= 11 is 12.4. The van der Waals surface area contributed by atoms with E-state index < -0.39 is 28.5 Å². The van der Waals surface area contributed by atoms with E-state index >= 15 is 0 Å². The highest BCUT2D eigenvalue weighted by Gasteiger charge is 2.31. The number of hydrogen-bond acceptors (Lipinski definition) is 4. The van der Waals surface area contributed by atoms with Crippen molar-refractivity contribution in [1.82, 2.24) is 10.2 Å². The number of carbonyl (C=O) groups excluding carboxylic acids is 2. The fourth-order valence-corrected chi connectivity index (χ4v) is 5.61. The first kappa shape index (κ1) is 28.3. The summed E-state index contributed by atoms with van der Waals surface area (Å²) in [5.41, 5.74) is 2.91. The molecule has 7 nitrogen and oxygen atoms in total. The van der Waals surface area contributed by atoms with Crippen LogP contribution in [0.4, 0.5) is 5.69 Å². The number of benzene rings is 2. The summed E-state index contributed by atoms with van der Waals surface area (Å²) in [7, 11) is -3.79. The van der Waals surface area contributed by atoms with Crippen molar-refractivity contribution in [2.45, 2.75) is 65.1 Å². The predicted octanol–water partition coefficient (Wildman–Crippen LogP) is 4.85. The third-order valence-corrected chi connectivity index (χ3v) is 8.41. The van der Waals surface area contributed by atoms with Crippen molar-refractivity contribution in [1.29, 1.82) is 0 Å². The standard InChI is InChI=1S/C26H33Cl2N3O4S/c1-17-9-12-23(13-18(17)2)31(36(4,34)35)16-25(32)30(15-20-10-11-21(27)14-24(20)28)19(3)26(33)29-22-7-5-6-8-22/h9-14,19,22H,5-8,15-16H2,1-4H3,(H,29,33). The summed E-state index contributed by atoms with van der Waals surface area (Å²) in [5.74, 6) is -0.795. The number of nitrogens with one attached hydrogen (secondary N) is 1.